The number of carbonyl (C=O) groups excluding carboxylic acids is 1. The van der Waals surface area contributed by atoms with Gasteiger partial charge in [0.15, 0.2) is 5.82 Å². The standard InChI is InChI=1S/C13H17F2NO.C8H4F2N2O2/c1-13(2,3)7-12(17)16-8-9-4-5-10(14)6-11(9)15;9-3-1-4-6(5(10)2-3)11-8(14)12-7(4)13/h4-6H,7-8H2,1-3H3,(H,16,17);1-2H,(H2,11,12,13,14). The molecule has 1 heterocycles. The Bertz CT molecular complexity index is 1210. The molecule has 0 spiro atoms. The maximum absolute atomic E-state index is 13.2. The summed E-state index contributed by atoms with van der Waals surface area (Å²) in [5.41, 5.74) is -1.75. The average Bonchev–Trinajstić information content (AvgIpc) is 2.61. The molecule has 0 saturated heterocycles. The molecule has 0 radical (unpaired) electrons. The van der Waals surface area contributed by atoms with Crippen LogP contribution in [0.25, 0.3) is 10.9 Å². The second-order valence-electron chi connectivity index (χ2n) is 7.97. The van der Waals surface area contributed by atoms with Crippen LogP contribution < -0.4 is 16.6 Å². The fourth-order valence-electron chi connectivity index (χ4n) is 2.60. The molecular formula is C21H21F4N3O3. The third kappa shape index (κ3) is 7.09. The van der Waals surface area contributed by atoms with Crippen molar-refractivity contribution in [1.82, 2.24) is 15.3 Å². The Hall–Kier alpha value is -3.43. The lowest BCUT2D eigenvalue weighted by atomic mass is 9.92. The maximum Gasteiger partial charge on any atom is 0.326 e. The summed E-state index contributed by atoms with van der Waals surface area (Å²) in [5.74, 6) is -3.23. The van der Waals surface area contributed by atoms with Gasteiger partial charge in [-0.25, -0.2) is 22.4 Å². The lowest BCUT2D eigenvalue weighted by molar-refractivity contribution is -0.122. The van der Waals surface area contributed by atoms with Crippen LogP contribution in [0.1, 0.15) is 32.8 Å². The number of rotatable bonds is 3. The van der Waals surface area contributed by atoms with Gasteiger partial charge in [0.05, 0.1) is 10.9 Å². The number of H-pyrrole nitrogens is 2. The highest BCUT2D eigenvalue weighted by molar-refractivity contribution is 5.77. The molecule has 3 rings (SSSR count). The predicted octanol–water partition coefficient (Wildman–Crippen LogP) is 3.51. The minimum Gasteiger partial charge on any atom is -0.352 e. The summed E-state index contributed by atoms with van der Waals surface area (Å²) in [6, 6.07) is 4.77. The zero-order valence-electron chi connectivity index (χ0n) is 17.0. The number of amides is 1. The maximum atomic E-state index is 13.2. The minimum atomic E-state index is -0.969. The van der Waals surface area contributed by atoms with Gasteiger partial charge in [0.2, 0.25) is 5.91 Å². The first-order chi connectivity index (χ1) is 14.4. The summed E-state index contributed by atoms with van der Waals surface area (Å²) in [6.45, 7) is 5.93. The van der Waals surface area contributed by atoms with E-state index in [4.69, 9.17) is 0 Å². The molecule has 0 aliphatic heterocycles. The minimum absolute atomic E-state index is 0.0844. The number of carbonyl (C=O) groups is 1. The Labute approximate surface area is 174 Å². The fraction of sp³-hybridized carbons (Fsp3) is 0.286. The lowest BCUT2D eigenvalue weighted by Crippen LogP contribution is -2.27. The quantitative estimate of drug-likeness (QED) is 0.545. The van der Waals surface area contributed by atoms with Crippen molar-refractivity contribution in [2.45, 2.75) is 33.7 Å². The van der Waals surface area contributed by atoms with Crippen LogP contribution in [0.5, 0.6) is 0 Å². The van der Waals surface area contributed by atoms with Crippen LogP contribution in [0.3, 0.4) is 0 Å². The number of benzene rings is 2. The van der Waals surface area contributed by atoms with Gasteiger partial charge in [0.25, 0.3) is 5.56 Å². The molecule has 31 heavy (non-hydrogen) atoms. The van der Waals surface area contributed by atoms with Gasteiger partial charge >= 0.3 is 5.69 Å². The molecule has 3 aromatic rings. The monoisotopic (exact) mass is 439 g/mol. The van der Waals surface area contributed by atoms with E-state index in [2.05, 4.69) is 10.3 Å². The van der Waals surface area contributed by atoms with Crippen molar-refractivity contribution < 1.29 is 22.4 Å². The van der Waals surface area contributed by atoms with Crippen LogP contribution in [-0.2, 0) is 11.3 Å². The van der Waals surface area contributed by atoms with Gasteiger partial charge in [-0.1, -0.05) is 26.8 Å². The molecule has 1 aromatic heterocycles. The first-order valence-electron chi connectivity index (χ1n) is 9.18. The van der Waals surface area contributed by atoms with Crippen molar-refractivity contribution in [3.05, 3.63) is 80.0 Å². The van der Waals surface area contributed by atoms with Gasteiger partial charge in [-0.3, -0.25) is 14.6 Å². The number of halogens is 4. The van der Waals surface area contributed by atoms with Crippen molar-refractivity contribution in [3.8, 4) is 0 Å². The van der Waals surface area contributed by atoms with E-state index in [1.807, 2.05) is 25.8 Å². The van der Waals surface area contributed by atoms with E-state index < -0.39 is 34.5 Å². The normalized spacial score (nSPS) is 11.1. The van der Waals surface area contributed by atoms with Crippen molar-refractivity contribution in [2.24, 2.45) is 5.41 Å². The molecule has 10 heteroatoms. The SMILES string of the molecule is CC(C)(C)CC(=O)NCc1ccc(F)cc1F.O=c1[nH]c(=O)c2cc(F)cc(F)c2[nH]1. The number of aromatic amines is 2. The average molecular weight is 439 g/mol. The van der Waals surface area contributed by atoms with Crippen molar-refractivity contribution in [2.75, 3.05) is 0 Å². The van der Waals surface area contributed by atoms with E-state index in [1.165, 1.54) is 12.1 Å². The van der Waals surface area contributed by atoms with E-state index in [1.54, 1.807) is 0 Å². The zero-order chi connectivity index (χ0) is 23.3. The van der Waals surface area contributed by atoms with Gasteiger partial charge in [-0.2, -0.15) is 0 Å². The van der Waals surface area contributed by atoms with E-state index in [-0.39, 0.29) is 34.3 Å². The number of fused-ring (bicyclic) bond motifs is 1. The summed E-state index contributed by atoms with van der Waals surface area (Å²) >= 11 is 0. The molecule has 0 atom stereocenters. The van der Waals surface area contributed by atoms with Crippen LogP contribution in [-0.4, -0.2) is 15.9 Å². The van der Waals surface area contributed by atoms with Crippen molar-refractivity contribution in [1.29, 1.82) is 0 Å². The van der Waals surface area contributed by atoms with Gasteiger partial charge in [-0.15, -0.1) is 0 Å². The number of nitrogens with one attached hydrogen (secondary N) is 3. The second kappa shape index (κ2) is 9.59. The number of hydrogen-bond donors (Lipinski definition) is 3. The highest BCUT2D eigenvalue weighted by atomic mass is 19.1. The highest BCUT2D eigenvalue weighted by Crippen LogP contribution is 2.18. The first-order valence-corrected chi connectivity index (χ1v) is 9.18. The third-order valence-corrected chi connectivity index (χ3v) is 3.95. The van der Waals surface area contributed by atoms with E-state index in [9.17, 15) is 31.9 Å². The van der Waals surface area contributed by atoms with Crippen LogP contribution >= 0.6 is 0 Å². The summed E-state index contributed by atoms with van der Waals surface area (Å²) in [6.07, 6.45) is 0.371. The first kappa shape index (κ1) is 23.8. The molecule has 0 saturated carbocycles. The summed E-state index contributed by atoms with van der Waals surface area (Å²) in [7, 11) is 0. The largest absolute Gasteiger partial charge is 0.352 e. The van der Waals surface area contributed by atoms with Gasteiger partial charge in [0.1, 0.15) is 17.5 Å². The molecule has 3 N–H and O–H groups in total. The van der Waals surface area contributed by atoms with Crippen molar-refractivity contribution in [3.63, 3.8) is 0 Å². The van der Waals surface area contributed by atoms with Crippen LogP contribution in [0, 0.1) is 28.7 Å². The molecule has 6 nitrogen and oxygen atoms in total. The molecule has 0 bridgehead atoms. The summed E-state index contributed by atoms with van der Waals surface area (Å²) < 4.78 is 51.6. The Morgan fingerprint density at radius 2 is 1.58 bits per heavy atom. The van der Waals surface area contributed by atoms with Crippen LogP contribution in [0.15, 0.2) is 39.9 Å². The molecule has 0 fully saturated rings. The van der Waals surface area contributed by atoms with E-state index >= 15 is 0 Å². The highest BCUT2D eigenvalue weighted by Gasteiger charge is 2.16. The van der Waals surface area contributed by atoms with Gasteiger partial charge in [-0.05, 0) is 17.5 Å². The second-order valence-corrected chi connectivity index (χ2v) is 7.97. The molecule has 0 unspecified atom stereocenters. The molecule has 0 aliphatic rings. The molecule has 166 valence electrons. The smallest absolute Gasteiger partial charge is 0.326 e. The van der Waals surface area contributed by atoms with Crippen LogP contribution in [0.2, 0.25) is 0 Å². The Balaban J connectivity index is 0.000000224. The molecular weight excluding hydrogens is 418 g/mol. The van der Waals surface area contributed by atoms with Gasteiger partial charge < -0.3 is 10.3 Å². The van der Waals surface area contributed by atoms with Gasteiger partial charge in [0, 0.05) is 30.7 Å². The van der Waals surface area contributed by atoms with Crippen LogP contribution in [0.4, 0.5) is 17.6 Å². The third-order valence-electron chi connectivity index (χ3n) is 3.95. The number of aromatic nitrogens is 2. The Kier molecular flexibility index (Phi) is 7.37. The van der Waals surface area contributed by atoms with Crippen molar-refractivity contribution >= 4 is 16.8 Å². The molecule has 1 amide bonds. The molecule has 0 aliphatic carbocycles. The summed E-state index contributed by atoms with van der Waals surface area (Å²) in [5, 5.41) is 2.39. The Morgan fingerprint density at radius 3 is 2.19 bits per heavy atom. The zero-order valence-corrected chi connectivity index (χ0v) is 17.0. The fourth-order valence-corrected chi connectivity index (χ4v) is 2.60. The molecule has 2 aromatic carbocycles. The lowest BCUT2D eigenvalue weighted by Gasteiger charge is -2.17. The summed E-state index contributed by atoms with van der Waals surface area (Å²) in [4.78, 5) is 37.3. The predicted molar refractivity (Wildman–Crippen MR) is 107 cm³/mol. The van der Waals surface area contributed by atoms with E-state index in [0.717, 1.165) is 12.1 Å². The number of hydrogen-bond acceptors (Lipinski definition) is 3. The topological polar surface area (TPSA) is 94.8 Å². The van der Waals surface area contributed by atoms with E-state index in [0.29, 0.717) is 12.5 Å². The Morgan fingerprint density at radius 1 is 0.935 bits per heavy atom.